The Bertz CT molecular complexity index is 1060. The lowest BCUT2D eigenvalue weighted by atomic mass is 10.1. The number of hydrogen-bond acceptors (Lipinski definition) is 5. The number of rotatable bonds is 7. The molecule has 2 aromatic carbocycles. The van der Waals surface area contributed by atoms with E-state index in [1.54, 1.807) is 30.5 Å². The number of aromatic nitrogens is 2. The zero-order valence-electron chi connectivity index (χ0n) is 15.2. The van der Waals surface area contributed by atoms with Crippen LogP contribution in [0.25, 0.3) is 5.69 Å². The number of nitrogens with zero attached hydrogens (tertiary/aromatic N) is 2. The molecular weight excluding hydrogens is 396 g/mol. The van der Waals surface area contributed by atoms with Crippen LogP contribution in [0.3, 0.4) is 0 Å². The number of nitrogens with one attached hydrogen (secondary N) is 1. The first kappa shape index (κ1) is 20.1. The largest absolute Gasteiger partial charge is 0.347 e. The molecule has 0 fully saturated rings. The van der Waals surface area contributed by atoms with Gasteiger partial charge in [-0.2, -0.15) is 0 Å². The maximum Gasteiger partial charge on any atom is 0.270 e. The summed E-state index contributed by atoms with van der Waals surface area (Å²) in [5.41, 5.74) is 2.76. The van der Waals surface area contributed by atoms with Gasteiger partial charge in [-0.25, -0.2) is 18.5 Å². The van der Waals surface area contributed by atoms with Crippen molar-refractivity contribution in [3.05, 3.63) is 77.6 Å². The van der Waals surface area contributed by atoms with Crippen molar-refractivity contribution in [3.63, 3.8) is 0 Å². The van der Waals surface area contributed by atoms with Crippen LogP contribution in [-0.2, 0) is 22.3 Å². The Labute approximate surface area is 168 Å². The first-order valence-corrected chi connectivity index (χ1v) is 11.3. The molecule has 3 N–H and O–H groups in total. The van der Waals surface area contributed by atoms with Crippen LogP contribution in [0.5, 0.6) is 0 Å². The zero-order valence-corrected chi connectivity index (χ0v) is 16.8. The smallest absolute Gasteiger partial charge is 0.270 e. The Morgan fingerprint density at radius 2 is 1.75 bits per heavy atom. The van der Waals surface area contributed by atoms with E-state index in [4.69, 9.17) is 5.14 Å². The third kappa shape index (κ3) is 5.00. The molecule has 0 atom stereocenters. The minimum Gasteiger partial charge on any atom is -0.347 e. The predicted molar refractivity (Wildman–Crippen MR) is 110 cm³/mol. The number of carbonyl (C=O) groups excluding carboxylic acids is 1. The van der Waals surface area contributed by atoms with E-state index in [0.717, 1.165) is 16.4 Å². The minimum absolute atomic E-state index is 0.215. The second kappa shape index (κ2) is 8.59. The van der Waals surface area contributed by atoms with Gasteiger partial charge in [0.25, 0.3) is 5.91 Å². The molecule has 0 unspecified atom stereocenters. The molecule has 1 amide bonds. The first-order chi connectivity index (χ1) is 13.4. The molecule has 0 aliphatic heterocycles. The van der Waals surface area contributed by atoms with Gasteiger partial charge in [0.15, 0.2) is 5.16 Å². The van der Waals surface area contributed by atoms with E-state index in [9.17, 15) is 13.2 Å². The summed E-state index contributed by atoms with van der Waals surface area (Å²) in [5.74, 6) is -0.460. The molecule has 0 spiro atoms. The summed E-state index contributed by atoms with van der Waals surface area (Å²) in [6, 6.07) is 16.5. The molecule has 0 saturated carbocycles. The molecule has 0 bridgehead atoms. The number of carbonyl (C=O) groups is 1. The van der Waals surface area contributed by atoms with Gasteiger partial charge in [-0.3, -0.25) is 9.36 Å². The van der Waals surface area contributed by atoms with Crippen molar-refractivity contribution >= 4 is 27.7 Å². The fraction of sp³-hybridized carbons (Fsp3) is 0.158. The van der Waals surface area contributed by atoms with E-state index < -0.39 is 10.0 Å². The van der Waals surface area contributed by atoms with Gasteiger partial charge in [0.1, 0.15) is 5.69 Å². The van der Waals surface area contributed by atoms with Crippen LogP contribution >= 0.6 is 11.8 Å². The normalized spacial score (nSPS) is 11.4. The van der Waals surface area contributed by atoms with E-state index >= 15 is 0 Å². The summed E-state index contributed by atoms with van der Waals surface area (Å²) in [6.45, 7) is 0.309. The van der Waals surface area contributed by atoms with Gasteiger partial charge in [0, 0.05) is 12.2 Å². The second-order valence-electron chi connectivity index (χ2n) is 6.11. The molecule has 7 nitrogen and oxygen atoms in total. The number of benzene rings is 2. The summed E-state index contributed by atoms with van der Waals surface area (Å²) in [5, 5.41) is 8.65. The highest BCUT2D eigenvalue weighted by molar-refractivity contribution is 7.98. The van der Waals surface area contributed by atoms with Crippen LogP contribution in [0.2, 0.25) is 0 Å². The number of nitrogens with two attached hydrogens (primary N) is 1. The number of amides is 1. The van der Waals surface area contributed by atoms with Gasteiger partial charge < -0.3 is 5.32 Å². The van der Waals surface area contributed by atoms with Crippen LogP contribution in [0.4, 0.5) is 0 Å². The van der Waals surface area contributed by atoms with Crippen LogP contribution in [-0.4, -0.2) is 30.1 Å². The molecule has 28 heavy (non-hydrogen) atoms. The Kier molecular flexibility index (Phi) is 6.18. The minimum atomic E-state index is -3.56. The van der Waals surface area contributed by atoms with Gasteiger partial charge in [-0.15, -0.1) is 0 Å². The van der Waals surface area contributed by atoms with E-state index in [0.29, 0.717) is 17.8 Å². The molecule has 1 heterocycles. The molecule has 146 valence electrons. The van der Waals surface area contributed by atoms with E-state index in [-0.39, 0.29) is 11.7 Å². The van der Waals surface area contributed by atoms with Crippen molar-refractivity contribution in [2.45, 2.75) is 17.5 Å². The average Bonchev–Trinajstić information content (AvgIpc) is 3.11. The van der Waals surface area contributed by atoms with Crippen molar-refractivity contribution < 1.29 is 13.2 Å². The predicted octanol–water partition coefficient (Wildman–Crippen LogP) is 2.31. The van der Waals surface area contributed by atoms with Crippen molar-refractivity contribution in [3.8, 4) is 5.69 Å². The highest BCUT2D eigenvalue weighted by Crippen LogP contribution is 2.21. The Hall–Kier alpha value is -2.62. The van der Waals surface area contributed by atoms with E-state index in [1.807, 2.05) is 41.2 Å². The third-order valence-electron chi connectivity index (χ3n) is 4.00. The Balaban J connectivity index is 1.73. The van der Waals surface area contributed by atoms with Gasteiger partial charge >= 0.3 is 0 Å². The number of para-hydroxylation sites is 1. The number of imidazole rings is 1. The summed E-state index contributed by atoms with van der Waals surface area (Å²) >= 11 is 1.46. The van der Waals surface area contributed by atoms with Crippen molar-refractivity contribution in [2.24, 2.45) is 5.14 Å². The molecule has 0 aliphatic rings. The summed E-state index contributed by atoms with van der Waals surface area (Å²) in [4.78, 5) is 17.0. The van der Waals surface area contributed by atoms with Crippen LogP contribution in [0, 0.1) is 0 Å². The highest BCUT2D eigenvalue weighted by atomic mass is 32.2. The fourth-order valence-corrected chi connectivity index (χ4v) is 3.93. The lowest BCUT2D eigenvalue weighted by molar-refractivity contribution is 0.0943. The molecule has 9 heteroatoms. The molecule has 0 aliphatic carbocycles. The zero-order chi connectivity index (χ0) is 20.1. The summed E-state index contributed by atoms with van der Waals surface area (Å²) in [7, 11) is -3.56. The quantitative estimate of drug-likeness (QED) is 0.575. The first-order valence-electron chi connectivity index (χ1n) is 8.41. The lowest BCUT2D eigenvalue weighted by Crippen LogP contribution is -2.25. The number of sulfonamides is 1. The van der Waals surface area contributed by atoms with Crippen molar-refractivity contribution in [1.82, 2.24) is 14.9 Å². The maximum atomic E-state index is 12.7. The molecule has 3 aromatic rings. The summed E-state index contributed by atoms with van der Waals surface area (Å²) in [6.07, 6.45) is 3.47. The molecule has 0 radical (unpaired) electrons. The van der Waals surface area contributed by atoms with Crippen molar-refractivity contribution in [1.29, 1.82) is 0 Å². The summed E-state index contributed by atoms with van der Waals surface area (Å²) < 4.78 is 24.1. The monoisotopic (exact) mass is 416 g/mol. The van der Waals surface area contributed by atoms with Crippen molar-refractivity contribution in [2.75, 3.05) is 6.26 Å². The third-order valence-corrected chi connectivity index (χ3v) is 5.39. The Morgan fingerprint density at radius 3 is 2.36 bits per heavy atom. The second-order valence-corrected chi connectivity index (χ2v) is 8.50. The Morgan fingerprint density at radius 1 is 1.11 bits per heavy atom. The lowest BCUT2D eigenvalue weighted by Gasteiger charge is -2.11. The fourth-order valence-electron chi connectivity index (χ4n) is 2.72. The SMILES string of the molecule is CSc1ncc(C(=O)NCc2ccc(CS(N)(=O)=O)cc2)n1-c1ccccc1. The number of primary sulfonamides is 1. The maximum absolute atomic E-state index is 12.7. The van der Waals surface area contributed by atoms with E-state index in [2.05, 4.69) is 10.3 Å². The van der Waals surface area contributed by atoms with Gasteiger partial charge in [0.2, 0.25) is 10.0 Å². The molecule has 3 rings (SSSR count). The molecule has 0 saturated heterocycles. The standard InChI is InChI=1S/C19H20N4O3S2/c1-27-19-22-12-17(23(19)16-5-3-2-4-6-16)18(24)21-11-14-7-9-15(10-8-14)13-28(20,25)26/h2-10,12H,11,13H2,1H3,(H,21,24)(H2,20,25,26). The van der Waals surface area contributed by atoms with Crippen LogP contribution < -0.4 is 10.5 Å². The highest BCUT2D eigenvalue weighted by Gasteiger charge is 2.17. The van der Waals surface area contributed by atoms with Crippen LogP contribution in [0.15, 0.2) is 66.0 Å². The van der Waals surface area contributed by atoms with Gasteiger partial charge in [0.05, 0.1) is 11.9 Å². The van der Waals surface area contributed by atoms with Gasteiger partial charge in [-0.05, 0) is 29.5 Å². The number of hydrogen-bond donors (Lipinski definition) is 2. The average molecular weight is 417 g/mol. The number of thioether (sulfide) groups is 1. The molecular formula is C19H20N4O3S2. The van der Waals surface area contributed by atoms with Gasteiger partial charge in [-0.1, -0.05) is 54.2 Å². The van der Waals surface area contributed by atoms with Crippen LogP contribution in [0.1, 0.15) is 21.6 Å². The molecule has 1 aromatic heterocycles. The van der Waals surface area contributed by atoms with E-state index in [1.165, 1.54) is 11.8 Å². The topological polar surface area (TPSA) is 107 Å².